The number of thioether (sulfide) groups is 1. The van der Waals surface area contributed by atoms with Gasteiger partial charge in [0.1, 0.15) is 0 Å². The van der Waals surface area contributed by atoms with Crippen LogP contribution < -0.4 is 0 Å². The number of aromatic amines is 1. The van der Waals surface area contributed by atoms with E-state index in [4.69, 9.17) is 0 Å². The van der Waals surface area contributed by atoms with Gasteiger partial charge in [-0.3, -0.25) is 0 Å². The van der Waals surface area contributed by atoms with Gasteiger partial charge in [0.25, 0.3) is 0 Å². The Balaban J connectivity index is 2.10. The minimum atomic E-state index is 1.23. The van der Waals surface area contributed by atoms with Crippen LogP contribution in [0, 0.1) is 0 Å². The molecule has 74 valence electrons. The van der Waals surface area contributed by atoms with Gasteiger partial charge in [0.15, 0.2) is 0 Å². The summed E-state index contributed by atoms with van der Waals surface area (Å²) in [6.45, 7) is 2.23. The van der Waals surface area contributed by atoms with E-state index in [0.717, 1.165) is 0 Å². The van der Waals surface area contributed by atoms with E-state index in [1.54, 1.807) is 0 Å². The Morgan fingerprint density at radius 3 is 3.07 bits per heavy atom. The van der Waals surface area contributed by atoms with Gasteiger partial charge in [-0.25, -0.2) is 0 Å². The van der Waals surface area contributed by atoms with Crippen molar-refractivity contribution in [2.24, 2.45) is 0 Å². The molecule has 0 saturated heterocycles. The third-order valence-corrected chi connectivity index (χ3v) is 3.37. The fourth-order valence-electron chi connectivity index (χ4n) is 1.46. The van der Waals surface area contributed by atoms with Crippen molar-refractivity contribution >= 4 is 22.7 Å². The highest BCUT2D eigenvalue weighted by Gasteiger charge is 1.97. The standard InChI is InChI=1S/C12H15NS/c1-2-3-8-14-11-4-5-12-10(9-11)6-7-13-12/h4-7,9,13H,2-3,8H2,1H3. The van der Waals surface area contributed by atoms with Gasteiger partial charge in [-0.2, -0.15) is 0 Å². The summed E-state index contributed by atoms with van der Waals surface area (Å²) < 4.78 is 0. The molecule has 0 amide bonds. The zero-order chi connectivity index (χ0) is 9.80. The van der Waals surface area contributed by atoms with Crippen LogP contribution in [0.4, 0.5) is 0 Å². The number of H-pyrrole nitrogens is 1. The van der Waals surface area contributed by atoms with Crippen molar-refractivity contribution in [3.8, 4) is 0 Å². The molecule has 0 aliphatic heterocycles. The minimum absolute atomic E-state index is 1.23. The second-order valence-corrected chi connectivity index (χ2v) is 4.60. The second kappa shape index (κ2) is 4.56. The molecule has 1 aromatic carbocycles. The first-order valence-electron chi connectivity index (χ1n) is 5.10. The largest absolute Gasteiger partial charge is 0.361 e. The van der Waals surface area contributed by atoms with Crippen LogP contribution in [0.1, 0.15) is 19.8 Å². The predicted octanol–water partition coefficient (Wildman–Crippen LogP) is 4.06. The zero-order valence-corrected chi connectivity index (χ0v) is 9.23. The van der Waals surface area contributed by atoms with Crippen LogP contribution in [-0.4, -0.2) is 10.7 Å². The van der Waals surface area contributed by atoms with Crippen LogP contribution in [0.25, 0.3) is 10.9 Å². The lowest BCUT2D eigenvalue weighted by molar-refractivity contribution is 0.896. The highest BCUT2D eigenvalue weighted by molar-refractivity contribution is 7.99. The molecule has 1 nitrogen and oxygen atoms in total. The van der Waals surface area contributed by atoms with E-state index in [9.17, 15) is 0 Å². The van der Waals surface area contributed by atoms with Crippen molar-refractivity contribution in [1.29, 1.82) is 0 Å². The molecule has 0 radical (unpaired) electrons. The molecular weight excluding hydrogens is 190 g/mol. The molecule has 2 rings (SSSR count). The van der Waals surface area contributed by atoms with Gasteiger partial charge >= 0.3 is 0 Å². The Morgan fingerprint density at radius 1 is 1.29 bits per heavy atom. The molecule has 0 atom stereocenters. The van der Waals surface area contributed by atoms with Crippen LogP contribution in [0.2, 0.25) is 0 Å². The summed E-state index contributed by atoms with van der Waals surface area (Å²) in [5, 5.41) is 1.31. The summed E-state index contributed by atoms with van der Waals surface area (Å²) in [6, 6.07) is 8.73. The Hall–Kier alpha value is -0.890. The van der Waals surface area contributed by atoms with Crippen LogP contribution in [0.15, 0.2) is 35.4 Å². The summed E-state index contributed by atoms with van der Waals surface area (Å²) in [7, 11) is 0. The van der Waals surface area contributed by atoms with Gasteiger partial charge in [0.2, 0.25) is 0 Å². The first kappa shape index (κ1) is 9.66. The van der Waals surface area contributed by atoms with Crippen LogP contribution in [0.5, 0.6) is 0 Å². The van der Waals surface area contributed by atoms with Gasteiger partial charge < -0.3 is 4.98 Å². The van der Waals surface area contributed by atoms with Gasteiger partial charge in [-0.05, 0) is 36.4 Å². The number of aromatic nitrogens is 1. The first-order valence-corrected chi connectivity index (χ1v) is 6.08. The SMILES string of the molecule is CCCCSc1ccc2[nH]ccc2c1. The van der Waals surface area contributed by atoms with Gasteiger partial charge in [-0.1, -0.05) is 13.3 Å². The van der Waals surface area contributed by atoms with Crippen molar-refractivity contribution in [2.45, 2.75) is 24.7 Å². The number of fused-ring (bicyclic) bond motifs is 1. The Morgan fingerprint density at radius 2 is 2.21 bits per heavy atom. The van der Waals surface area contributed by atoms with Gasteiger partial charge in [0.05, 0.1) is 0 Å². The molecule has 0 aliphatic carbocycles. The summed E-state index contributed by atoms with van der Waals surface area (Å²) in [5.41, 5.74) is 1.23. The fraction of sp³-hybridized carbons (Fsp3) is 0.333. The summed E-state index contributed by atoms with van der Waals surface area (Å²) in [6.07, 6.45) is 4.57. The number of benzene rings is 1. The number of rotatable bonds is 4. The molecule has 2 aromatic rings. The smallest absolute Gasteiger partial charge is 0.0454 e. The van der Waals surface area contributed by atoms with Crippen LogP contribution in [-0.2, 0) is 0 Å². The van der Waals surface area contributed by atoms with Crippen molar-refractivity contribution < 1.29 is 0 Å². The lowest BCUT2D eigenvalue weighted by atomic mass is 10.2. The van der Waals surface area contributed by atoms with E-state index < -0.39 is 0 Å². The van der Waals surface area contributed by atoms with E-state index in [1.165, 1.54) is 34.4 Å². The average Bonchev–Trinajstić information content (AvgIpc) is 2.65. The Kier molecular flexibility index (Phi) is 3.14. The molecule has 0 bridgehead atoms. The Labute approximate surface area is 88.9 Å². The van der Waals surface area contributed by atoms with Crippen LogP contribution >= 0.6 is 11.8 Å². The molecule has 1 aromatic heterocycles. The molecule has 1 N–H and O–H groups in total. The maximum absolute atomic E-state index is 3.20. The third-order valence-electron chi connectivity index (χ3n) is 2.29. The molecule has 0 aliphatic rings. The number of hydrogen-bond acceptors (Lipinski definition) is 1. The molecule has 0 fully saturated rings. The lowest BCUT2D eigenvalue weighted by Crippen LogP contribution is -1.78. The highest BCUT2D eigenvalue weighted by atomic mass is 32.2. The van der Waals surface area contributed by atoms with E-state index in [1.807, 2.05) is 18.0 Å². The van der Waals surface area contributed by atoms with Gasteiger partial charge in [-0.15, -0.1) is 11.8 Å². The monoisotopic (exact) mass is 205 g/mol. The van der Waals surface area contributed by atoms with E-state index in [0.29, 0.717) is 0 Å². The maximum Gasteiger partial charge on any atom is 0.0454 e. The van der Waals surface area contributed by atoms with Crippen molar-refractivity contribution in [3.63, 3.8) is 0 Å². The van der Waals surface area contributed by atoms with Crippen LogP contribution in [0.3, 0.4) is 0 Å². The number of unbranched alkanes of at least 4 members (excludes halogenated alkanes) is 1. The normalized spacial score (nSPS) is 10.9. The number of hydrogen-bond donors (Lipinski definition) is 1. The summed E-state index contributed by atoms with van der Waals surface area (Å²) >= 11 is 1.95. The maximum atomic E-state index is 3.20. The average molecular weight is 205 g/mol. The molecule has 2 heteroatoms. The molecule has 0 spiro atoms. The molecular formula is C12H15NS. The first-order chi connectivity index (χ1) is 6.90. The van der Waals surface area contributed by atoms with E-state index >= 15 is 0 Å². The molecule has 0 saturated carbocycles. The molecule has 1 heterocycles. The molecule has 14 heavy (non-hydrogen) atoms. The Bertz CT molecular complexity index is 405. The van der Waals surface area contributed by atoms with Crippen molar-refractivity contribution in [3.05, 3.63) is 30.5 Å². The highest BCUT2D eigenvalue weighted by Crippen LogP contribution is 2.23. The predicted molar refractivity (Wildman–Crippen MR) is 63.9 cm³/mol. The summed E-state index contributed by atoms with van der Waals surface area (Å²) in [4.78, 5) is 4.58. The summed E-state index contributed by atoms with van der Waals surface area (Å²) in [5.74, 6) is 1.23. The van der Waals surface area contributed by atoms with E-state index in [-0.39, 0.29) is 0 Å². The number of nitrogens with one attached hydrogen (secondary N) is 1. The van der Waals surface area contributed by atoms with Crippen molar-refractivity contribution in [1.82, 2.24) is 4.98 Å². The third kappa shape index (κ3) is 2.13. The molecule has 0 unspecified atom stereocenters. The quantitative estimate of drug-likeness (QED) is 0.588. The topological polar surface area (TPSA) is 15.8 Å². The van der Waals surface area contributed by atoms with Crippen molar-refractivity contribution in [2.75, 3.05) is 5.75 Å². The van der Waals surface area contributed by atoms with Gasteiger partial charge in [0, 0.05) is 22.0 Å². The fourth-order valence-corrected chi connectivity index (χ4v) is 2.50. The lowest BCUT2D eigenvalue weighted by Gasteiger charge is -2.00. The second-order valence-electron chi connectivity index (χ2n) is 3.43. The van der Waals surface area contributed by atoms with E-state index in [2.05, 4.69) is 36.2 Å². The minimum Gasteiger partial charge on any atom is -0.361 e. The zero-order valence-electron chi connectivity index (χ0n) is 8.42.